The number of nitrogens with one attached hydrogen (secondary N) is 1. The van der Waals surface area contributed by atoms with Crippen LogP contribution in [0.25, 0.3) is 0 Å². The van der Waals surface area contributed by atoms with E-state index in [4.69, 9.17) is 10.00 Å². The summed E-state index contributed by atoms with van der Waals surface area (Å²) in [6, 6.07) is 6.34. The van der Waals surface area contributed by atoms with Gasteiger partial charge >= 0.3 is 0 Å². The lowest BCUT2D eigenvalue weighted by Gasteiger charge is -2.23. The third-order valence-electron chi connectivity index (χ3n) is 2.59. The van der Waals surface area contributed by atoms with Gasteiger partial charge in [0.2, 0.25) is 0 Å². The highest BCUT2D eigenvalue weighted by Crippen LogP contribution is 2.11. The van der Waals surface area contributed by atoms with Crippen LogP contribution in [0.4, 0.5) is 4.39 Å². The molecular formula is C13H17FN2O. The van der Waals surface area contributed by atoms with Gasteiger partial charge in [-0.2, -0.15) is 5.26 Å². The highest BCUT2D eigenvalue weighted by Gasteiger charge is 2.15. The second-order valence-corrected chi connectivity index (χ2v) is 4.49. The van der Waals surface area contributed by atoms with Crippen LogP contribution >= 0.6 is 0 Å². The van der Waals surface area contributed by atoms with E-state index >= 15 is 0 Å². The van der Waals surface area contributed by atoms with Gasteiger partial charge in [-0.05, 0) is 32.0 Å². The van der Waals surface area contributed by atoms with E-state index in [1.165, 1.54) is 12.1 Å². The predicted molar refractivity (Wildman–Crippen MR) is 63.9 cm³/mol. The first-order chi connectivity index (χ1) is 7.98. The molecule has 0 aliphatic heterocycles. The van der Waals surface area contributed by atoms with Crippen LogP contribution in [0, 0.1) is 17.1 Å². The minimum atomic E-state index is -0.299. The van der Waals surface area contributed by atoms with Crippen LogP contribution in [-0.4, -0.2) is 19.3 Å². The van der Waals surface area contributed by atoms with Crippen molar-refractivity contribution in [2.75, 3.05) is 13.7 Å². The van der Waals surface area contributed by atoms with Crippen LogP contribution < -0.4 is 5.32 Å². The number of nitriles is 1. The first-order valence-electron chi connectivity index (χ1n) is 5.43. The molecule has 0 heterocycles. The molecule has 3 nitrogen and oxygen atoms in total. The standard InChI is InChI=1S/C13H17FN2O/c1-13(2,17-3)9-16-8-11-6-10(7-15)4-5-12(11)14/h4-6,16H,8-9H2,1-3H3. The molecule has 0 aromatic heterocycles. The maximum Gasteiger partial charge on any atom is 0.127 e. The van der Waals surface area contributed by atoms with Crippen molar-refractivity contribution in [3.63, 3.8) is 0 Å². The van der Waals surface area contributed by atoms with Gasteiger partial charge in [0, 0.05) is 25.8 Å². The van der Waals surface area contributed by atoms with E-state index in [1.807, 2.05) is 19.9 Å². The van der Waals surface area contributed by atoms with Crippen molar-refractivity contribution in [2.45, 2.75) is 26.0 Å². The molecule has 1 rings (SSSR count). The summed E-state index contributed by atoms with van der Waals surface area (Å²) in [4.78, 5) is 0. The molecule has 0 bridgehead atoms. The van der Waals surface area contributed by atoms with E-state index in [2.05, 4.69) is 5.32 Å². The lowest BCUT2D eigenvalue weighted by atomic mass is 10.1. The summed E-state index contributed by atoms with van der Waals surface area (Å²) in [7, 11) is 1.64. The predicted octanol–water partition coefficient (Wildman–Crippen LogP) is 2.21. The van der Waals surface area contributed by atoms with Crippen molar-refractivity contribution < 1.29 is 9.13 Å². The van der Waals surface area contributed by atoms with Crippen LogP contribution in [-0.2, 0) is 11.3 Å². The SMILES string of the molecule is COC(C)(C)CNCc1cc(C#N)ccc1F. The second-order valence-electron chi connectivity index (χ2n) is 4.49. The van der Waals surface area contributed by atoms with Crippen molar-refractivity contribution in [1.82, 2.24) is 5.32 Å². The Morgan fingerprint density at radius 2 is 2.18 bits per heavy atom. The van der Waals surface area contributed by atoms with Crippen LogP contribution in [0.1, 0.15) is 25.0 Å². The quantitative estimate of drug-likeness (QED) is 0.852. The van der Waals surface area contributed by atoms with Gasteiger partial charge in [-0.15, -0.1) is 0 Å². The highest BCUT2D eigenvalue weighted by molar-refractivity contribution is 5.33. The molecule has 1 N–H and O–H groups in total. The Morgan fingerprint density at radius 1 is 1.47 bits per heavy atom. The molecule has 0 amide bonds. The Labute approximate surface area is 101 Å². The smallest absolute Gasteiger partial charge is 0.127 e. The normalized spacial score (nSPS) is 11.2. The van der Waals surface area contributed by atoms with Gasteiger partial charge in [-0.1, -0.05) is 0 Å². The third-order valence-corrected chi connectivity index (χ3v) is 2.59. The number of ether oxygens (including phenoxy) is 1. The molecule has 0 unspecified atom stereocenters. The maximum atomic E-state index is 13.4. The Morgan fingerprint density at radius 3 is 2.76 bits per heavy atom. The van der Waals surface area contributed by atoms with E-state index < -0.39 is 0 Å². The molecule has 0 aliphatic carbocycles. The van der Waals surface area contributed by atoms with Gasteiger partial charge in [0.1, 0.15) is 5.82 Å². The highest BCUT2D eigenvalue weighted by atomic mass is 19.1. The molecule has 0 atom stereocenters. The molecule has 1 aromatic carbocycles. The van der Waals surface area contributed by atoms with Gasteiger partial charge in [0.05, 0.1) is 17.2 Å². The van der Waals surface area contributed by atoms with Crippen molar-refractivity contribution in [3.05, 3.63) is 35.1 Å². The van der Waals surface area contributed by atoms with Crippen LogP contribution in [0.2, 0.25) is 0 Å². The summed E-state index contributed by atoms with van der Waals surface area (Å²) in [5.74, 6) is -0.299. The number of methoxy groups -OCH3 is 1. The summed E-state index contributed by atoms with van der Waals surface area (Å²) >= 11 is 0. The fraction of sp³-hybridized carbons (Fsp3) is 0.462. The van der Waals surface area contributed by atoms with Gasteiger partial charge in [-0.3, -0.25) is 0 Å². The Hall–Kier alpha value is -1.44. The Balaban J connectivity index is 2.61. The number of nitrogens with zero attached hydrogens (tertiary/aromatic N) is 1. The van der Waals surface area contributed by atoms with Crippen molar-refractivity contribution in [1.29, 1.82) is 5.26 Å². The van der Waals surface area contributed by atoms with Gasteiger partial charge in [0.25, 0.3) is 0 Å². The molecule has 0 aliphatic rings. The topological polar surface area (TPSA) is 45.0 Å². The lowest BCUT2D eigenvalue weighted by molar-refractivity contribution is 0.0230. The lowest BCUT2D eigenvalue weighted by Crippen LogP contribution is -2.36. The van der Waals surface area contributed by atoms with Crippen LogP contribution in [0.15, 0.2) is 18.2 Å². The van der Waals surface area contributed by atoms with Crippen LogP contribution in [0.5, 0.6) is 0 Å². The molecule has 4 heteroatoms. The van der Waals surface area contributed by atoms with Gasteiger partial charge in [0.15, 0.2) is 0 Å². The second kappa shape index (κ2) is 5.76. The molecule has 17 heavy (non-hydrogen) atoms. The minimum Gasteiger partial charge on any atom is -0.377 e. The van der Waals surface area contributed by atoms with Crippen molar-refractivity contribution in [3.8, 4) is 6.07 Å². The van der Waals surface area contributed by atoms with E-state index in [9.17, 15) is 4.39 Å². The summed E-state index contributed by atoms with van der Waals surface area (Å²) in [5, 5.41) is 11.8. The summed E-state index contributed by atoms with van der Waals surface area (Å²) in [6.45, 7) is 4.89. The first kappa shape index (κ1) is 13.6. The summed E-state index contributed by atoms with van der Waals surface area (Å²) in [5.41, 5.74) is 0.675. The van der Waals surface area contributed by atoms with E-state index in [0.717, 1.165) is 0 Å². The molecule has 0 spiro atoms. The molecule has 1 aromatic rings. The Kier molecular flexibility index (Phi) is 4.62. The average molecular weight is 236 g/mol. The number of rotatable bonds is 5. The van der Waals surface area contributed by atoms with E-state index in [-0.39, 0.29) is 11.4 Å². The fourth-order valence-electron chi connectivity index (χ4n) is 1.35. The monoisotopic (exact) mass is 236 g/mol. The first-order valence-corrected chi connectivity index (χ1v) is 5.43. The maximum absolute atomic E-state index is 13.4. The largest absolute Gasteiger partial charge is 0.377 e. The molecule has 92 valence electrons. The number of benzene rings is 1. The van der Waals surface area contributed by atoms with Crippen molar-refractivity contribution >= 4 is 0 Å². The van der Waals surface area contributed by atoms with Gasteiger partial charge in [-0.25, -0.2) is 4.39 Å². The number of halogens is 1. The average Bonchev–Trinajstić information content (AvgIpc) is 2.31. The fourth-order valence-corrected chi connectivity index (χ4v) is 1.35. The Bertz CT molecular complexity index is 424. The molecule has 0 fully saturated rings. The third kappa shape index (κ3) is 4.14. The van der Waals surface area contributed by atoms with Gasteiger partial charge < -0.3 is 10.1 Å². The van der Waals surface area contributed by atoms with E-state index in [0.29, 0.717) is 24.2 Å². The molecular weight excluding hydrogens is 219 g/mol. The number of hydrogen-bond acceptors (Lipinski definition) is 3. The number of hydrogen-bond donors (Lipinski definition) is 1. The van der Waals surface area contributed by atoms with Crippen LogP contribution in [0.3, 0.4) is 0 Å². The zero-order valence-corrected chi connectivity index (χ0v) is 10.4. The molecule has 0 saturated heterocycles. The molecule has 0 radical (unpaired) electrons. The minimum absolute atomic E-state index is 0.288. The van der Waals surface area contributed by atoms with Crippen molar-refractivity contribution in [2.24, 2.45) is 0 Å². The molecule has 0 saturated carbocycles. The zero-order valence-electron chi connectivity index (χ0n) is 10.4. The summed E-state index contributed by atoms with van der Waals surface area (Å²) in [6.07, 6.45) is 0. The summed E-state index contributed by atoms with van der Waals surface area (Å²) < 4.78 is 18.7. The van der Waals surface area contributed by atoms with E-state index in [1.54, 1.807) is 13.2 Å². The zero-order chi connectivity index (χ0) is 12.9.